The zero-order valence-corrected chi connectivity index (χ0v) is 15.7. The topological polar surface area (TPSA) is 124 Å². The summed E-state index contributed by atoms with van der Waals surface area (Å²) in [4.78, 5) is 10.0. The Morgan fingerprint density at radius 2 is 1.96 bits per heavy atom. The standard InChI is InChI=1S/C15H19N5O4S.ClH/c1-2-18-10-14(15(17-18)20(21)22)25(23,24)19-8-12(13(16)9-19)11-6-4-3-5-7-11;/h3-7,10,12-13H,2,8-9,16H2,1H3;1H/t12-,13+;/m0./s1. The highest BCUT2D eigenvalue weighted by Gasteiger charge is 2.42. The van der Waals surface area contributed by atoms with E-state index in [4.69, 9.17) is 5.73 Å². The molecule has 26 heavy (non-hydrogen) atoms. The molecule has 11 heteroatoms. The largest absolute Gasteiger partial charge is 0.410 e. The van der Waals surface area contributed by atoms with E-state index in [0.29, 0.717) is 6.54 Å². The lowest BCUT2D eigenvalue weighted by Crippen LogP contribution is -2.32. The first kappa shape index (κ1) is 20.3. The van der Waals surface area contributed by atoms with E-state index in [9.17, 15) is 18.5 Å². The van der Waals surface area contributed by atoms with Crippen LogP contribution < -0.4 is 5.73 Å². The van der Waals surface area contributed by atoms with Crippen LogP contribution in [0.25, 0.3) is 0 Å². The molecule has 1 saturated heterocycles. The highest BCUT2D eigenvalue weighted by molar-refractivity contribution is 7.89. The molecule has 1 aromatic carbocycles. The van der Waals surface area contributed by atoms with Crippen LogP contribution in [0.4, 0.5) is 5.82 Å². The van der Waals surface area contributed by atoms with Gasteiger partial charge in [0.05, 0.1) is 17.8 Å². The lowest BCUT2D eigenvalue weighted by Gasteiger charge is -2.15. The van der Waals surface area contributed by atoms with Crippen molar-refractivity contribution in [2.24, 2.45) is 5.73 Å². The molecule has 0 unspecified atom stereocenters. The van der Waals surface area contributed by atoms with Gasteiger partial charge in [0.15, 0.2) is 0 Å². The molecule has 1 aliphatic heterocycles. The minimum absolute atomic E-state index is 0. The first-order valence-electron chi connectivity index (χ1n) is 7.87. The maximum absolute atomic E-state index is 12.9. The van der Waals surface area contributed by atoms with E-state index in [1.165, 1.54) is 15.2 Å². The average molecular weight is 402 g/mol. The van der Waals surface area contributed by atoms with E-state index in [2.05, 4.69) is 5.10 Å². The number of rotatable bonds is 5. The molecule has 3 rings (SSSR count). The Hall–Kier alpha value is -2.01. The predicted molar refractivity (Wildman–Crippen MR) is 97.7 cm³/mol. The first-order chi connectivity index (χ1) is 11.8. The van der Waals surface area contributed by atoms with Gasteiger partial charge in [0.2, 0.25) is 4.90 Å². The van der Waals surface area contributed by atoms with Crippen LogP contribution in [-0.2, 0) is 16.6 Å². The molecule has 0 amide bonds. The molecule has 2 N–H and O–H groups in total. The summed E-state index contributed by atoms with van der Waals surface area (Å²) in [5, 5.41) is 14.9. The predicted octanol–water partition coefficient (Wildman–Crippen LogP) is 1.35. The van der Waals surface area contributed by atoms with Crippen molar-refractivity contribution in [3.63, 3.8) is 0 Å². The monoisotopic (exact) mass is 401 g/mol. The van der Waals surface area contributed by atoms with Gasteiger partial charge in [-0.1, -0.05) is 30.3 Å². The van der Waals surface area contributed by atoms with Gasteiger partial charge in [-0.05, 0) is 17.4 Å². The molecule has 142 valence electrons. The fourth-order valence-corrected chi connectivity index (χ4v) is 4.65. The number of nitro groups is 1. The molecule has 2 heterocycles. The molecule has 1 aliphatic rings. The van der Waals surface area contributed by atoms with Crippen molar-refractivity contribution < 1.29 is 13.3 Å². The number of aromatic nitrogens is 2. The van der Waals surface area contributed by atoms with Crippen LogP contribution in [0.2, 0.25) is 0 Å². The van der Waals surface area contributed by atoms with Gasteiger partial charge in [-0.25, -0.2) is 8.42 Å². The second-order valence-electron chi connectivity index (χ2n) is 5.93. The molecule has 0 spiro atoms. The summed E-state index contributed by atoms with van der Waals surface area (Å²) in [5.74, 6) is -0.810. The zero-order valence-electron chi connectivity index (χ0n) is 14.1. The van der Waals surface area contributed by atoms with Crippen molar-refractivity contribution in [1.29, 1.82) is 0 Å². The smallest absolute Gasteiger partial charge is 0.358 e. The van der Waals surface area contributed by atoms with Crippen molar-refractivity contribution in [3.8, 4) is 0 Å². The van der Waals surface area contributed by atoms with Gasteiger partial charge in [0, 0.05) is 25.0 Å². The van der Waals surface area contributed by atoms with E-state index in [0.717, 1.165) is 5.56 Å². The van der Waals surface area contributed by atoms with Crippen molar-refractivity contribution in [2.45, 2.75) is 30.3 Å². The molecule has 2 aromatic rings. The van der Waals surface area contributed by atoms with Gasteiger partial charge >= 0.3 is 5.82 Å². The summed E-state index contributed by atoms with van der Waals surface area (Å²) in [6, 6.07) is 9.04. The molecule has 1 fully saturated rings. The SMILES string of the molecule is CCn1cc(S(=O)(=O)N2C[C@@H](N)[C@H](c3ccccc3)C2)c([N+](=O)[O-])n1.Cl. The number of sulfonamides is 1. The Morgan fingerprint density at radius 1 is 1.31 bits per heavy atom. The summed E-state index contributed by atoms with van der Waals surface area (Å²) in [6.07, 6.45) is 1.20. The van der Waals surface area contributed by atoms with Gasteiger partial charge in [0.25, 0.3) is 10.0 Å². The van der Waals surface area contributed by atoms with Gasteiger partial charge in [-0.2, -0.15) is 8.99 Å². The number of nitrogens with two attached hydrogens (primary N) is 1. The normalized spacial score (nSPS) is 20.7. The summed E-state index contributed by atoms with van der Waals surface area (Å²) >= 11 is 0. The van der Waals surface area contributed by atoms with Crippen molar-refractivity contribution in [1.82, 2.24) is 14.1 Å². The van der Waals surface area contributed by atoms with Crippen LogP contribution in [0.5, 0.6) is 0 Å². The third-order valence-corrected chi connectivity index (χ3v) is 6.21. The molecule has 0 aliphatic carbocycles. The van der Waals surface area contributed by atoms with Crippen LogP contribution in [0.15, 0.2) is 41.4 Å². The Labute approximate surface area is 157 Å². The summed E-state index contributed by atoms with van der Waals surface area (Å²) in [5.41, 5.74) is 7.10. The maximum Gasteiger partial charge on any atom is 0.410 e. The third kappa shape index (κ3) is 3.58. The molecule has 0 bridgehead atoms. The molecular weight excluding hydrogens is 382 g/mol. The van der Waals surface area contributed by atoms with Crippen LogP contribution in [-0.4, -0.2) is 46.6 Å². The summed E-state index contributed by atoms with van der Waals surface area (Å²) < 4.78 is 28.3. The molecule has 0 radical (unpaired) electrons. The first-order valence-corrected chi connectivity index (χ1v) is 9.31. The lowest BCUT2D eigenvalue weighted by molar-refractivity contribution is -0.392. The Morgan fingerprint density at radius 3 is 2.54 bits per heavy atom. The summed E-state index contributed by atoms with van der Waals surface area (Å²) in [7, 11) is -4.05. The quantitative estimate of drug-likeness (QED) is 0.595. The van der Waals surface area contributed by atoms with Gasteiger partial charge in [-0.15, -0.1) is 12.4 Å². The highest BCUT2D eigenvalue weighted by atomic mass is 35.5. The molecule has 2 atom stereocenters. The van der Waals surface area contributed by atoms with Crippen molar-refractivity contribution >= 4 is 28.2 Å². The minimum Gasteiger partial charge on any atom is -0.358 e. The lowest BCUT2D eigenvalue weighted by atomic mass is 9.95. The second-order valence-corrected chi connectivity index (χ2v) is 7.84. The number of hydrogen-bond donors (Lipinski definition) is 1. The molecule has 1 aromatic heterocycles. The van der Waals surface area contributed by atoms with Crippen LogP contribution in [0, 0.1) is 10.1 Å². The molecular formula is C15H20ClN5O4S. The van der Waals surface area contributed by atoms with Gasteiger partial charge in [-0.3, -0.25) is 0 Å². The Balaban J connectivity index is 0.00000243. The van der Waals surface area contributed by atoms with Crippen LogP contribution in [0.3, 0.4) is 0 Å². The van der Waals surface area contributed by atoms with Crippen molar-refractivity contribution in [2.75, 3.05) is 13.1 Å². The highest BCUT2D eigenvalue weighted by Crippen LogP contribution is 2.33. The van der Waals surface area contributed by atoms with Gasteiger partial charge < -0.3 is 15.8 Å². The third-order valence-electron chi connectivity index (χ3n) is 4.38. The van der Waals surface area contributed by atoms with Gasteiger partial charge in [0.1, 0.15) is 0 Å². The maximum atomic E-state index is 12.9. The minimum atomic E-state index is -4.05. The molecule has 9 nitrogen and oxygen atoms in total. The second kappa shape index (κ2) is 7.70. The molecule has 0 saturated carbocycles. The van der Waals surface area contributed by atoms with E-state index in [-0.39, 0.29) is 42.4 Å². The van der Waals surface area contributed by atoms with E-state index in [1.807, 2.05) is 30.3 Å². The zero-order chi connectivity index (χ0) is 18.2. The van der Waals surface area contributed by atoms with E-state index in [1.54, 1.807) is 6.92 Å². The fraction of sp³-hybridized carbons (Fsp3) is 0.400. The fourth-order valence-electron chi connectivity index (χ4n) is 3.04. The van der Waals surface area contributed by atoms with Crippen LogP contribution >= 0.6 is 12.4 Å². The number of benzene rings is 1. The number of nitrogens with zero attached hydrogens (tertiary/aromatic N) is 4. The number of aryl methyl sites for hydroxylation is 1. The summed E-state index contributed by atoms with van der Waals surface area (Å²) in [6.45, 7) is 2.35. The average Bonchev–Trinajstić information content (AvgIpc) is 3.20. The van der Waals surface area contributed by atoms with Crippen LogP contribution in [0.1, 0.15) is 18.4 Å². The Bertz CT molecular complexity index is 887. The number of halogens is 1. The van der Waals surface area contributed by atoms with E-state index < -0.39 is 20.8 Å². The Kier molecular flexibility index (Phi) is 6.02. The van der Waals surface area contributed by atoms with Crippen molar-refractivity contribution in [3.05, 3.63) is 52.2 Å². The van der Waals surface area contributed by atoms with E-state index >= 15 is 0 Å². The number of hydrogen-bond acceptors (Lipinski definition) is 6.